The maximum atomic E-state index is 11.2. The maximum absolute atomic E-state index is 11.2. The Hall–Kier alpha value is -0.580. The molecular formula is C10H14ClNO2S. The summed E-state index contributed by atoms with van der Waals surface area (Å²) in [4.78, 5) is 0. The fourth-order valence-corrected chi connectivity index (χ4v) is 1.81. The molecule has 1 aromatic carbocycles. The van der Waals surface area contributed by atoms with E-state index in [0.29, 0.717) is 12.4 Å². The zero-order valence-corrected chi connectivity index (χ0v) is 10.1. The van der Waals surface area contributed by atoms with Gasteiger partial charge in [0, 0.05) is 12.4 Å². The van der Waals surface area contributed by atoms with Crippen LogP contribution in [0.25, 0.3) is 0 Å². The standard InChI is InChI=1S/C10H14ClNO2S/c1-2-15(13,14)12-8-10-5-3-9(7-11)4-6-10/h3-6,12H,2,7-8H2,1H3. The van der Waals surface area contributed by atoms with Crippen LogP contribution in [0.15, 0.2) is 24.3 Å². The molecule has 1 rings (SSSR count). The number of halogens is 1. The van der Waals surface area contributed by atoms with Gasteiger partial charge >= 0.3 is 0 Å². The number of nitrogens with one attached hydrogen (secondary N) is 1. The van der Waals surface area contributed by atoms with E-state index in [4.69, 9.17) is 11.6 Å². The molecule has 0 aromatic heterocycles. The van der Waals surface area contributed by atoms with Crippen molar-refractivity contribution in [3.63, 3.8) is 0 Å². The van der Waals surface area contributed by atoms with Crippen molar-refractivity contribution in [1.82, 2.24) is 4.72 Å². The Labute approximate surface area is 95.5 Å². The van der Waals surface area contributed by atoms with Crippen LogP contribution in [-0.2, 0) is 22.4 Å². The van der Waals surface area contributed by atoms with Crippen molar-refractivity contribution in [2.75, 3.05) is 5.75 Å². The first kappa shape index (κ1) is 12.5. The van der Waals surface area contributed by atoms with E-state index in [-0.39, 0.29) is 5.75 Å². The topological polar surface area (TPSA) is 46.2 Å². The number of benzene rings is 1. The van der Waals surface area contributed by atoms with E-state index >= 15 is 0 Å². The average Bonchev–Trinajstić information content (AvgIpc) is 2.27. The molecule has 15 heavy (non-hydrogen) atoms. The fourth-order valence-electron chi connectivity index (χ4n) is 1.04. The summed E-state index contributed by atoms with van der Waals surface area (Å²) in [6, 6.07) is 7.52. The predicted octanol–water partition coefficient (Wildman–Crippen LogP) is 1.86. The lowest BCUT2D eigenvalue weighted by molar-refractivity contribution is 0.582. The monoisotopic (exact) mass is 247 g/mol. The third kappa shape index (κ3) is 4.20. The average molecular weight is 248 g/mol. The van der Waals surface area contributed by atoms with Gasteiger partial charge in [0.05, 0.1) is 5.75 Å². The molecule has 3 nitrogen and oxygen atoms in total. The Morgan fingerprint density at radius 3 is 2.20 bits per heavy atom. The van der Waals surface area contributed by atoms with Crippen LogP contribution in [0, 0.1) is 0 Å². The normalized spacial score (nSPS) is 11.6. The number of rotatable bonds is 5. The van der Waals surface area contributed by atoms with Crippen molar-refractivity contribution in [3.05, 3.63) is 35.4 Å². The zero-order valence-electron chi connectivity index (χ0n) is 8.53. The van der Waals surface area contributed by atoms with Crippen molar-refractivity contribution in [2.24, 2.45) is 0 Å². The maximum Gasteiger partial charge on any atom is 0.211 e. The molecule has 0 heterocycles. The fraction of sp³-hybridized carbons (Fsp3) is 0.400. The number of sulfonamides is 1. The summed E-state index contributed by atoms with van der Waals surface area (Å²) in [6.07, 6.45) is 0. The molecule has 1 N–H and O–H groups in total. The van der Waals surface area contributed by atoms with Gasteiger partial charge in [0.2, 0.25) is 10.0 Å². The quantitative estimate of drug-likeness (QED) is 0.808. The third-order valence-corrected chi connectivity index (χ3v) is 3.71. The second kappa shape index (κ2) is 5.49. The van der Waals surface area contributed by atoms with E-state index in [0.717, 1.165) is 11.1 Å². The van der Waals surface area contributed by atoms with Gasteiger partial charge in [0.25, 0.3) is 0 Å². The summed E-state index contributed by atoms with van der Waals surface area (Å²) in [5, 5.41) is 0. The van der Waals surface area contributed by atoms with Crippen molar-refractivity contribution >= 4 is 21.6 Å². The second-order valence-corrected chi connectivity index (χ2v) is 5.54. The van der Waals surface area contributed by atoms with Crippen molar-refractivity contribution < 1.29 is 8.42 Å². The minimum atomic E-state index is -3.11. The number of alkyl halides is 1. The number of hydrogen-bond acceptors (Lipinski definition) is 2. The molecule has 0 aliphatic carbocycles. The van der Waals surface area contributed by atoms with E-state index in [1.165, 1.54) is 0 Å². The minimum Gasteiger partial charge on any atom is -0.212 e. The molecule has 0 amide bonds. The smallest absolute Gasteiger partial charge is 0.211 e. The van der Waals surface area contributed by atoms with Gasteiger partial charge in [-0.05, 0) is 18.1 Å². The van der Waals surface area contributed by atoms with Gasteiger partial charge in [-0.3, -0.25) is 0 Å². The first-order valence-electron chi connectivity index (χ1n) is 4.68. The first-order valence-corrected chi connectivity index (χ1v) is 6.87. The minimum absolute atomic E-state index is 0.104. The molecule has 0 bridgehead atoms. The SMILES string of the molecule is CCS(=O)(=O)NCc1ccc(CCl)cc1. The Balaban J connectivity index is 2.59. The van der Waals surface area contributed by atoms with Crippen LogP contribution in [0.5, 0.6) is 0 Å². The molecule has 0 saturated carbocycles. The van der Waals surface area contributed by atoms with Crippen LogP contribution in [0.2, 0.25) is 0 Å². The van der Waals surface area contributed by atoms with Crippen LogP contribution in [0.3, 0.4) is 0 Å². The molecule has 5 heteroatoms. The van der Waals surface area contributed by atoms with Crippen molar-refractivity contribution in [3.8, 4) is 0 Å². The molecule has 0 radical (unpaired) electrons. The summed E-state index contributed by atoms with van der Waals surface area (Å²) in [5.41, 5.74) is 1.96. The van der Waals surface area contributed by atoms with Crippen LogP contribution in [0.4, 0.5) is 0 Å². The van der Waals surface area contributed by atoms with Crippen LogP contribution in [-0.4, -0.2) is 14.2 Å². The van der Waals surface area contributed by atoms with Gasteiger partial charge in [-0.2, -0.15) is 0 Å². The second-order valence-electron chi connectivity index (χ2n) is 3.17. The van der Waals surface area contributed by atoms with Gasteiger partial charge < -0.3 is 0 Å². The largest absolute Gasteiger partial charge is 0.212 e. The molecule has 84 valence electrons. The molecule has 0 aliphatic heterocycles. The summed E-state index contributed by atoms with van der Waals surface area (Å²) in [5.74, 6) is 0.577. The lowest BCUT2D eigenvalue weighted by Gasteiger charge is -2.04. The van der Waals surface area contributed by atoms with E-state index in [9.17, 15) is 8.42 Å². The van der Waals surface area contributed by atoms with E-state index < -0.39 is 10.0 Å². The molecule has 0 fully saturated rings. The third-order valence-electron chi connectivity index (χ3n) is 2.05. The van der Waals surface area contributed by atoms with Crippen LogP contribution >= 0.6 is 11.6 Å². The van der Waals surface area contributed by atoms with Gasteiger partial charge in [0.1, 0.15) is 0 Å². The Kier molecular flexibility index (Phi) is 4.57. The summed E-state index contributed by atoms with van der Waals surface area (Å²) in [7, 11) is -3.11. The van der Waals surface area contributed by atoms with E-state index in [1.807, 2.05) is 24.3 Å². The highest BCUT2D eigenvalue weighted by Gasteiger charge is 2.05. The van der Waals surface area contributed by atoms with Crippen LogP contribution in [0.1, 0.15) is 18.1 Å². The van der Waals surface area contributed by atoms with Gasteiger partial charge in [-0.1, -0.05) is 24.3 Å². The van der Waals surface area contributed by atoms with E-state index in [2.05, 4.69) is 4.72 Å². The van der Waals surface area contributed by atoms with Crippen molar-refractivity contribution in [2.45, 2.75) is 19.3 Å². The van der Waals surface area contributed by atoms with Crippen LogP contribution < -0.4 is 4.72 Å². The zero-order chi connectivity index (χ0) is 11.3. The van der Waals surface area contributed by atoms with Gasteiger partial charge in [-0.15, -0.1) is 11.6 Å². The van der Waals surface area contributed by atoms with Gasteiger partial charge in [0.15, 0.2) is 0 Å². The lowest BCUT2D eigenvalue weighted by atomic mass is 10.1. The summed E-state index contributed by atoms with van der Waals surface area (Å²) < 4.78 is 24.8. The first-order chi connectivity index (χ1) is 7.07. The summed E-state index contributed by atoms with van der Waals surface area (Å²) in [6.45, 7) is 1.94. The molecule has 0 saturated heterocycles. The molecule has 0 spiro atoms. The molecule has 0 unspecified atom stereocenters. The molecular weight excluding hydrogens is 234 g/mol. The molecule has 1 aromatic rings. The Bertz CT molecular complexity index is 400. The molecule has 0 aliphatic rings. The highest BCUT2D eigenvalue weighted by atomic mass is 35.5. The molecule has 0 atom stereocenters. The summed E-state index contributed by atoms with van der Waals surface area (Å²) >= 11 is 5.64. The highest BCUT2D eigenvalue weighted by Crippen LogP contribution is 2.06. The van der Waals surface area contributed by atoms with Gasteiger partial charge in [-0.25, -0.2) is 13.1 Å². The number of hydrogen-bond donors (Lipinski definition) is 1. The van der Waals surface area contributed by atoms with E-state index in [1.54, 1.807) is 6.92 Å². The Morgan fingerprint density at radius 1 is 1.20 bits per heavy atom. The Morgan fingerprint density at radius 2 is 1.73 bits per heavy atom. The lowest BCUT2D eigenvalue weighted by Crippen LogP contribution is -2.24. The predicted molar refractivity (Wildman–Crippen MR) is 62.3 cm³/mol. The van der Waals surface area contributed by atoms with Crippen molar-refractivity contribution in [1.29, 1.82) is 0 Å². The highest BCUT2D eigenvalue weighted by molar-refractivity contribution is 7.89.